The number of aryl methyl sites for hydroxylation is 1. The van der Waals surface area contributed by atoms with Crippen LogP contribution in [0, 0.1) is 23.2 Å². The Morgan fingerprint density at radius 3 is 2.62 bits per heavy atom. The van der Waals surface area contributed by atoms with E-state index in [1.807, 2.05) is 24.3 Å². The van der Waals surface area contributed by atoms with Crippen molar-refractivity contribution >= 4 is 11.7 Å². The van der Waals surface area contributed by atoms with E-state index in [9.17, 15) is 19.8 Å². The summed E-state index contributed by atoms with van der Waals surface area (Å²) in [5.41, 5.74) is 3.64. The Hall–Kier alpha value is -2.82. The summed E-state index contributed by atoms with van der Waals surface area (Å²) < 4.78 is 0. The molecule has 2 saturated carbocycles. The zero-order valence-electron chi connectivity index (χ0n) is 22.0. The van der Waals surface area contributed by atoms with E-state index >= 15 is 0 Å². The zero-order valence-corrected chi connectivity index (χ0v) is 22.0. The first-order chi connectivity index (χ1) is 17.8. The van der Waals surface area contributed by atoms with Crippen molar-refractivity contribution in [1.82, 2.24) is 5.32 Å². The third-order valence-corrected chi connectivity index (χ3v) is 9.70. The summed E-state index contributed by atoms with van der Waals surface area (Å²) in [6.45, 7) is 2.85. The van der Waals surface area contributed by atoms with Crippen molar-refractivity contribution in [3.8, 4) is 11.5 Å². The van der Waals surface area contributed by atoms with Crippen molar-refractivity contribution in [3.63, 3.8) is 0 Å². The number of benzene rings is 2. The van der Waals surface area contributed by atoms with Gasteiger partial charge in [-0.3, -0.25) is 9.59 Å². The van der Waals surface area contributed by atoms with Crippen LogP contribution in [0.15, 0.2) is 42.5 Å². The fraction of sp³-hybridized carbons (Fsp3) is 0.562. The molecule has 5 heteroatoms. The van der Waals surface area contributed by atoms with E-state index in [1.54, 1.807) is 12.1 Å². The molecule has 5 nitrogen and oxygen atoms in total. The number of carbonyl (C=O) groups is 2. The Balaban J connectivity index is 1.09. The lowest BCUT2D eigenvalue weighted by Crippen LogP contribution is -2.44. The standard InChI is InChI=1S/C32H41NO4/c1-32-17-15-27-26-14-12-25(35)19-22(26)9-13-28(27)31(32)23(20-29(32)36)5-3-2-4-6-30(37)33-18-16-21-7-10-24(34)11-8-21/h7-8,10-12,14,19,23,27-28,31,34-35H,2-6,9,13,15-18,20H2,1H3,(H,33,37)/t23?,27?,28?,31?,32-/m1/s1. The number of Topliss-reactive ketones (excluding diaryl/α,β-unsaturated/α-hetero) is 1. The lowest BCUT2D eigenvalue weighted by Gasteiger charge is -2.50. The van der Waals surface area contributed by atoms with Crippen molar-refractivity contribution in [1.29, 1.82) is 0 Å². The summed E-state index contributed by atoms with van der Waals surface area (Å²) in [7, 11) is 0. The number of rotatable bonds is 9. The number of phenols is 2. The molecule has 5 rings (SSSR count). The van der Waals surface area contributed by atoms with Crippen LogP contribution >= 0.6 is 0 Å². The molecular formula is C32H41NO4. The summed E-state index contributed by atoms with van der Waals surface area (Å²) in [4.78, 5) is 25.5. The quantitative estimate of drug-likeness (QED) is 0.363. The van der Waals surface area contributed by atoms with Gasteiger partial charge in [0.25, 0.3) is 0 Å². The monoisotopic (exact) mass is 503 g/mol. The molecule has 4 unspecified atom stereocenters. The smallest absolute Gasteiger partial charge is 0.220 e. The van der Waals surface area contributed by atoms with Crippen molar-refractivity contribution in [2.75, 3.05) is 6.54 Å². The number of fused-ring (bicyclic) bond motifs is 5. The van der Waals surface area contributed by atoms with Crippen LogP contribution in [-0.2, 0) is 22.4 Å². The molecule has 3 aliphatic carbocycles. The lowest BCUT2D eigenvalue weighted by atomic mass is 9.54. The molecule has 2 aromatic rings. The first kappa shape index (κ1) is 25.8. The van der Waals surface area contributed by atoms with Gasteiger partial charge in [-0.15, -0.1) is 0 Å². The summed E-state index contributed by atoms with van der Waals surface area (Å²) in [6, 6.07) is 13.0. The van der Waals surface area contributed by atoms with E-state index < -0.39 is 0 Å². The van der Waals surface area contributed by atoms with Gasteiger partial charge in [-0.2, -0.15) is 0 Å². The highest BCUT2D eigenvalue weighted by Crippen LogP contribution is 2.62. The molecule has 0 spiro atoms. The van der Waals surface area contributed by atoms with Crippen molar-refractivity contribution in [3.05, 3.63) is 59.2 Å². The number of amides is 1. The van der Waals surface area contributed by atoms with Crippen molar-refractivity contribution in [2.24, 2.45) is 23.2 Å². The van der Waals surface area contributed by atoms with Crippen LogP contribution in [0.2, 0.25) is 0 Å². The Morgan fingerprint density at radius 2 is 1.81 bits per heavy atom. The molecule has 3 aliphatic rings. The second kappa shape index (κ2) is 10.9. The van der Waals surface area contributed by atoms with Crippen LogP contribution in [0.4, 0.5) is 0 Å². The van der Waals surface area contributed by atoms with Gasteiger partial charge < -0.3 is 15.5 Å². The minimum absolute atomic E-state index is 0.101. The summed E-state index contributed by atoms with van der Waals surface area (Å²) in [5.74, 6) is 3.19. The van der Waals surface area contributed by atoms with E-state index in [0.717, 1.165) is 69.8 Å². The van der Waals surface area contributed by atoms with Gasteiger partial charge >= 0.3 is 0 Å². The van der Waals surface area contributed by atoms with Crippen molar-refractivity contribution < 1.29 is 19.8 Å². The highest BCUT2D eigenvalue weighted by atomic mass is 16.3. The topological polar surface area (TPSA) is 86.6 Å². The maximum Gasteiger partial charge on any atom is 0.220 e. The average Bonchev–Trinajstić information content (AvgIpc) is 3.14. The first-order valence-electron chi connectivity index (χ1n) is 14.2. The van der Waals surface area contributed by atoms with Gasteiger partial charge in [0.05, 0.1) is 0 Å². The van der Waals surface area contributed by atoms with Crippen LogP contribution in [0.5, 0.6) is 11.5 Å². The lowest BCUT2D eigenvalue weighted by molar-refractivity contribution is -0.129. The molecule has 0 heterocycles. The minimum Gasteiger partial charge on any atom is -0.508 e. The zero-order chi connectivity index (χ0) is 26.0. The second-order valence-electron chi connectivity index (χ2n) is 11.9. The van der Waals surface area contributed by atoms with E-state index in [2.05, 4.69) is 18.3 Å². The highest BCUT2D eigenvalue weighted by Gasteiger charge is 2.58. The molecule has 3 N–H and O–H groups in total. The normalized spacial score (nSPS) is 28.3. The Bertz CT molecular complexity index is 1130. The summed E-state index contributed by atoms with van der Waals surface area (Å²) in [5, 5.41) is 22.3. The molecule has 5 atom stereocenters. The molecule has 198 valence electrons. The molecule has 0 aliphatic heterocycles. The van der Waals surface area contributed by atoms with Crippen molar-refractivity contribution in [2.45, 2.75) is 83.5 Å². The minimum atomic E-state index is -0.169. The van der Waals surface area contributed by atoms with Crippen LogP contribution in [0.3, 0.4) is 0 Å². The number of unbranched alkanes of at least 4 members (excludes halogenated alkanes) is 2. The molecule has 37 heavy (non-hydrogen) atoms. The molecule has 0 aromatic heterocycles. The van der Waals surface area contributed by atoms with Gasteiger partial charge in [0, 0.05) is 24.8 Å². The van der Waals surface area contributed by atoms with Crippen LogP contribution in [-0.4, -0.2) is 28.4 Å². The van der Waals surface area contributed by atoms with E-state index in [-0.39, 0.29) is 17.1 Å². The van der Waals surface area contributed by atoms with Gasteiger partial charge in [0.2, 0.25) is 5.91 Å². The highest BCUT2D eigenvalue weighted by molar-refractivity contribution is 5.87. The fourth-order valence-corrected chi connectivity index (χ4v) is 7.86. The summed E-state index contributed by atoms with van der Waals surface area (Å²) in [6.07, 6.45) is 10.3. The SMILES string of the molecule is C[C@]12CCC3c4ccc(O)cc4CCC3C1C(CCCCCC(=O)NCCc1ccc(O)cc1)CC2=O. The van der Waals surface area contributed by atoms with Gasteiger partial charge in [-0.05, 0) is 110 Å². The Labute approximate surface area is 220 Å². The number of phenolic OH excluding ortho intramolecular Hbond substituents is 2. The molecule has 0 bridgehead atoms. The van der Waals surface area contributed by atoms with E-state index in [4.69, 9.17) is 0 Å². The first-order valence-corrected chi connectivity index (χ1v) is 14.2. The van der Waals surface area contributed by atoms with Crippen LogP contribution in [0.25, 0.3) is 0 Å². The van der Waals surface area contributed by atoms with Gasteiger partial charge in [-0.25, -0.2) is 0 Å². The third-order valence-electron chi connectivity index (χ3n) is 9.70. The number of nitrogens with one attached hydrogen (secondary N) is 1. The summed E-state index contributed by atoms with van der Waals surface area (Å²) >= 11 is 0. The number of ketones is 1. The Kier molecular flexibility index (Phi) is 7.60. The van der Waals surface area contributed by atoms with Gasteiger partial charge in [-0.1, -0.05) is 38.0 Å². The number of hydrogen-bond donors (Lipinski definition) is 3. The van der Waals surface area contributed by atoms with Gasteiger partial charge in [0.15, 0.2) is 0 Å². The maximum atomic E-state index is 13.2. The predicted molar refractivity (Wildman–Crippen MR) is 145 cm³/mol. The molecule has 1 amide bonds. The van der Waals surface area contributed by atoms with E-state index in [0.29, 0.717) is 48.2 Å². The third kappa shape index (κ3) is 5.42. The molecule has 2 aromatic carbocycles. The number of aromatic hydroxyl groups is 2. The number of carbonyl (C=O) groups excluding carboxylic acids is 2. The number of hydrogen-bond acceptors (Lipinski definition) is 4. The maximum absolute atomic E-state index is 13.2. The molecule has 0 radical (unpaired) electrons. The fourth-order valence-electron chi connectivity index (χ4n) is 7.86. The van der Waals surface area contributed by atoms with Gasteiger partial charge in [0.1, 0.15) is 17.3 Å². The second-order valence-corrected chi connectivity index (χ2v) is 11.9. The van der Waals surface area contributed by atoms with Crippen LogP contribution in [0.1, 0.15) is 87.3 Å². The predicted octanol–water partition coefficient (Wildman–Crippen LogP) is 6.06. The largest absolute Gasteiger partial charge is 0.508 e. The Morgan fingerprint density at radius 1 is 1.03 bits per heavy atom. The molecule has 0 saturated heterocycles. The van der Waals surface area contributed by atoms with E-state index in [1.165, 1.54) is 11.1 Å². The molecular weight excluding hydrogens is 462 g/mol. The van der Waals surface area contributed by atoms with Crippen LogP contribution < -0.4 is 5.32 Å². The molecule has 2 fully saturated rings. The average molecular weight is 504 g/mol.